The average Bonchev–Trinajstić information content (AvgIpc) is 2.74. The maximum Gasteiger partial charge on any atom is 0.335 e. The number of anilines is 5. The minimum absolute atomic E-state index is 0.228. The molecule has 0 saturated carbocycles. The van der Waals surface area contributed by atoms with Crippen LogP contribution in [0.3, 0.4) is 0 Å². The van der Waals surface area contributed by atoms with Crippen LogP contribution in [0.1, 0.15) is 5.56 Å². The van der Waals surface area contributed by atoms with Crippen molar-refractivity contribution in [2.75, 3.05) is 30.1 Å². The molecule has 0 bridgehead atoms. The van der Waals surface area contributed by atoms with Crippen molar-refractivity contribution in [1.29, 1.82) is 0 Å². The van der Waals surface area contributed by atoms with Crippen LogP contribution >= 0.6 is 11.6 Å². The predicted molar refractivity (Wildman–Crippen MR) is 116 cm³/mol. The summed E-state index contributed by atoms with van der Waals surface area (Å²) < 4.78 is 35.8. The molecule has 11 heteroatoms. The Bertz CT molecular complexity index is 1060. The lowest BCUT2D eigenvalue weighted by Crippen LogP contribution is -2.04. The number of rotatable bonds is 6. The van der Waals surface area contributed by atoms with E-state index in [1.807, 2.05) is 25.1 Å². The van der Waals surface area contributed by atoms with Crippen LogP contribution in [-0.2, 0) is 11.6 Å². The van der Waals surface area contributed by atoms with Crippen molar-refractivity contribution < 1.29 is 17.5 Å². The fourth-order valence-electron chi connectivity index (χ4n) is 2.46. The molecule has 0 unspecified atom stereocenters. The number of nitrogens with one attached hydrogen (secondary N) is 3. The van der Waals surface area contributed by atoms with Crippen LogP contribution in [0.2, 0.25) is 5.02 Å². The highest BCUT2D eigenvalue weighted by atomic mass is 35.5. The monoisotopic (exact) mass is 451 g/mol. The molecule has 0 aliphatic rings. The normalized spacial score (nSPS) is 9.77. The highest BCUT2D eigenvalue weighted by Crippen LogP contribution is 2.31. The second kappa shape index (κ2) is 11.1. The van der Waals surface area contributed by atoms with E-state index in [1.54, 1.807) is 26.3 Å². The Morgan fingerprint density at radius 2 is 1.80 bits per heavy atom. The zero-order valence-electron chi connectivity index (χ0n) is 16.3. The highest BCUT2D eigenvalue weighted by molar-refractivity contribution is 7.51. The average molecular weight is 452 g/mol. The third-order valence-corrected chi connectivity index (χ3v) is 4.14. The largest absolute Gasteiger partial charge is 0.497 e. The summed E-state index contributed by atoms with van der Waals surface area (Å²) in [5, 5.41) is 9.46. The van der Waals surface area contributed by atoms with Crippen molar-refractivity contribution in [1.82, 2.24) is 9.97 Å². The minimum Gasteiger partial charge on any atom is -0.497 e. The molecular weight excluding hydrogens is 433 g/mol. The number of aryl methyl sites for hydroxylation is 1. The summed E-state index contributed by atoms with van der Waals surface area (Å²) >= 11 is 5.48. The first-order valence-electron chi connectivity index (χ1n) is 8.52. The zero-order chi connectivity index (χ0) is 22.1. The number of ether oxygens (including phenoxy) is 1. The Hall–Kier alpha value is -3.24. The molecule has 30 heavy (non-hydrogen) atoms. The van der Waals surface area contributed by atoms with Crippen molar-refractivity contribution >= 4 is 52.0 Å². The first-order valence-corrected chi connectivity index (χ1v) is 9.56. The van der Waals surface area contributed by atoms with Gasteiger partial charge < -0.3 is 20.7 Å². The van der Waals surface area contributed by atoms with Gasteiger partial charge in [0.05, 0.1) is 30.4 Å². The molecule has 8 nitrogen and oxygen atoms in total. The van der Waals surface area contributed by atoms with Crippen molar-refractivity contribution in [2.24, 2.45) is 0 Å². The van der Waals surface area contributed by atoms with Crippen LogP contribution in [0.4, 0.5) is 33.2 Å². The Labute approximate surface area is 181 Å². The van der Waals surface area contributed by atoms with Gasteiger partial charge in [-0.15, -0.1) is 0 Å². The van der Waals surface area contributed by atoms with Gasteiger partial charge in [0.2, 0.25) is 5.95 Å². The summed E-state index contributed by atoms with van der Waals surface area (Å²) in [7, 11) is 3.40. The van der Waals surface area contributed by atoms with E-state index in [0.717, 1.165) is 22.7 Å². The number of hydrogen-bond acceptors (Lipinski definition) is 8. The van der Waals surface area contributed by atoms with Crippen LogP contribution in [0.15, 0.2) is 42.6 Å². The molecule has 0 aliphatic heterocycles. The molecule has 3 aromatic rings. The molecule has 0 atom stereocenters. The van der Waals surface area contributed by atoms with Crippen LogP contribution in [0.5, 0.6) is 5.75 Å². The Balaban J connectivity index is 0.00000101. The van der Waals surface area contributed by atoms with Gasteiger partial charge in [-0.3, -0.25) is 0 Å². The summed E-state index contributed by atoms with van der Waals surface area (Å²) in [6, 6.07) is 10.3. The topological polar surface area (TPSA) is 105 Å². The van der Waals surface area contributed by atoms with Gasteiger partial charge in [-0.25, -0.2) is 9.37 Å². The summed E-state index contributed by atoms with van der Waals surface area (Å²) in [6.45, 7) is 1.88. The van der Waals surface area contributed by atoms with E-state index in [0.29, 0.717) is 16.5 Å². The minimum atomic E-state index is -0.750. The molecule has 158 valence electrons. The Kier molecular flexibility index (Phi) is 8.51. The lowest BCUT2D eigenvalue weighted by atomic mass is 10.2. The van der Waals surface area contributed by atoms with Crippen molar-refractivity contribution in [2.45, 2.75) is 6.92 Å². The standard InChI is InChI=1S/C19H19ClFN5O.O2S/c1-11-4-6-14(21)16(8-11)25-19-23-10-13(20)18(26-19)24-15-7-5-12(27-3)9-17(15)22-2;1-3-2/h4-10,22H,1-3H3,(H2,23,24,25,26);. The molecule has 0 radical (unpaired) electrons. The number of nitrogens with zero attached hydrogens (tertiary/aromatic N) is 2. The maximum atomic E-state index is 14.0. The second-order valence-corrected chi connectivity index (χ2v) is 6.40. The summed E-state index contributed by atoms with van der Waals surface area (Å²) in [5.74, 6) is 0.951. The molecule has 0 fully saturated rings. The van der Waals surface area contributed by atoms with Gasteiger partial charge >= 0.3 is 11.6 Å². The van der Waals surface area contributed by atoms with Gasteiger partial charge in [-0.2, -0.15) is 13.4 Å². The van der Waals surface area contributed by atoms with E-state index in [-0.39, 0.29) is 11.8 Å². The van der Waals surface area contributed by atoms with E-state index in [2.05, 4.69) is 25.9 Å². The number of aromatic nitrogens is 2. The van der Waals surface area contributed by atoms with Crippen LogP contribution < -0.4 is 20.7 Å². The van der Waals surface area contributed by atoms with Crippen molar-refractivity contribution in [3.63, 3.8) is 0 Å². The van der Waals surface area contributed by atoms with Crippen molar-refractivity contribution in [3.8, 4) is 5.75 Å². The van der Waals surface area contributed by atoms with Crippen LogP contribution in [-0.4, -0.2) is 32.5 Å². The van der Waals surface area contributed by atoms with Crippen LogP contribution in [0, 0.1) is 12.7 Å². The molecule has 0 aliphatic carbocycles. The first-order chi connectivity index (χ1) is 14.4. The van der Waals surface area contributed by atoms with E-state index in [1.165, 1.54) is 12.3 Å². The summed E-state index contributed by atoms with van der Waals surface area (Å²) in [5.41, 5.74) is 2.78. The Morgan fingerprint density at radius 1 is 1.07 bits per heavy atom. The number of methoxy groups -OCH3 is 1. The van der Waals surface area contributed by atoms with E-state index in [9.17, 15) is 4.39 Å². The molecule has 0 amide bonds. The van der Waals surface area contributed by atoms with E-state index in [4.69, 9.17) is 24.8 Å². The third-order valence-electron chi connectivity index (χ3n) is 3.86. The second-order valence-electron chi connectivity index (χ2n) is 5.85. The summed E-state index contributed by atoms with van der Waals surface area (Å²) in [6.07, 6.45) is 1.45. The van der Waals surface area contributed by atoms with Gasteiger partial charge in [0, 0.05) is 13.1 Å². The maximum absolute atomic E-state index is 14.0. The van der Waals surface area contributed by atoms with Crippen LogP contribution in [0.25, 0.3) is 0 Å². The molecule has 0 spiro atoms. The van der Waals surface area contributed by atoms with Gasteiger partial charge in [-0.05, 0) is 36.8 Å². The number of hydrogen-bond donors (Lipinski definition) is 3. The van der Waals surface area contributed by atoms with Gasteiger partial charge in [-0.1, -0.05) is 17.7 Å². The highest BCUT2D eigenvalue weighted by Gasteiger charge is 2.11. The van der Waals surface area contributed by atoms with E-state index >= 15 is 0 Å². The summed E-state index contributed by atoms with van der Waals surface area (Å²) in [4.78, 5) is 8.48. The first kappa shape index (κ1) is 23.0. The predicted octanol–water partition coefficient (Wildman–Crippen LogP) is 4.44. The lowest BCUT2D eigenvalue weighted by Gasteiger charge is -2.14. The van der Waals surface area contributed by atoms with Gasteiger partial charge in [0.15, 0.2) is 5.82 Å². The molecule has 1 heterocycles. The molecule has 0 saturated heterocycles. The zero-order valence-corrected chi connectivity index (χ0v) is 17.9. The third kappa shape index (κ3) is 6.13. The molecule has 3 rings (SSSR count). The van der Waals surface area contributed by atoms with Gasteiger partial charge in [0.1, 0.15) is 16.6 Å². The quantitative estimate of drug-likeness (QED) is 0.505. The molecule has 2 aromatic carbocycles. The fourth-order valence-corrected chi connectivity index (χ4v) is 2.60. The number of halogens is 2. The van der Waals surface area contributed by atoms with Gasteiger partial charge in [0.25, 0.3) is 0 Å². The van der Waals surface area contributed by atoms with E-state index < -0.39 is 11.6 Å². The molecule has 1 aromatic heterocycles. The lowest BCUT2D eigenvalue weighted by molar-refractivity contribution is 0.415. The molecular formula is C19H19ClFN5O3S. The fraction of sp³-hybridized carbons (Fsp3) is 0.158. The smallest absolute Gasteiger partial charge is 0.335 e. The molecule has 3 N–H and O–H groups in total. The van der Waals surface area contributed by atoms with Crippen molar-refractivity contribution in [3.05, 3.63) is 59.0 Å². The Morgan fingerprint density at radius 3 is 2.47 bits per heavy atom. The number of benzene rings is 2. The SMILES string of the molecule is CNc1cc(OC)ccc1Nc1nc(Nc2cc(C)ccc2F)ncc1Cl.O=S=O.